The van der Waals surface area contributed by atoms with Gasteiger partial charge in [-0.2, -0.15) is 0 Å². The number of rotatable bonds is 9. The van der Waals surface area contributed by atoms with E-state index < -0.39 is 0 Å². The zero-order valence-corrected chi connectivity index (χ0v) is 19.9. The van der Waals surface area contributed by atoms with E-state index in [-0.39, 0.29) is 5.91 Å². The molecule has 0 saturated carbocycles. The normalized spacial score (nSPS) is 10.7. The van der Waals surface area contributed by atoms with Crippen LogP contribution < -0.4 is 24.3 Å². The molecule has 0 atom stereocenters. The molecule has 0 saturated heterocycles. The van der Waals surface area contributed by atoms with Crippen LogP contribution in [0.2, 0.25) is 10.0 Å². The highest BCUT2D eigenvalue weighted by atomic mass is 35.5. The zero-order chi connectivity index (χ0) is 23.8. The van der Waals surface area contributed by atoms with Crippen LogP contribution in [-0.4, -0.2) is 27.2 Å². The Kier molecular flexibility index (Phi) is 8.46. The lowest BCUT2D eigenvalue weighted by atomic mass is 10.2. The molecule has 0 bridgehead atoms. The maximum atomic E-state index is 12.5. The van der Waals surface area contributed by atoms with E-state index in [4.69, 9.17) is 42.1 Å². The van der Waals surface area contributed by atoms with Crippen LogP contribution in [-0.2, 0) is 11.4 Å². The highest BCUT2D eigenvalue weighted by Crippen LogP contribution is 2.36. The number of ether oxygens (including phenoxy) is 4. The van der Waals surface area contributed by atoms with Gasteiger partial charge < -0.3 is 24.3 Å². The van der Waals surface area contributed by atoms with Crippen molar-refractivity contribution < 1.29 is 23.7 Å². The monoisotopic (exact) mass is 487 g/mol. The molecular weight excluding hydrogens is 465 g/mol. The average molecular weight is 488 g/mol. The van der Waals surface area contributed by atoms with E-state index >= 15 is 0 Å². The number of hydrogen-bond donors (Lipinski definition) is 1. The second-order valence-corrected chi connectivity index (χ2v) is 7.68. The van der Waals surface area contributed by atoms with Crippen molar-refractivity contribution >= 4 is 40.9 Å². The van der Waals surface area contributed by atoms with Gasteiger partial charge in [0.1, 0.15) is 18.1 Å². The summed E-state index contributed by atoms with van der Waals surface area (Å²) < 4.78 is 21.8. The lowest BCUT2D eigenvalue weighted by molar-refractivity contribution is -0.111. The Bertz CT molecular complexity index is 1150. The lowest BCUT2D eigenvalue weighted by Crippen LogP contribution is -2.09. The lowest BCUT2D eigenvalue weighted by Gasteiger charge is -2.12. The Morgan fingerprint density at radius 3 is 2.21 bits per heavy atom. The molecule has 3 aromatic rings. The maximum absolute atomic E-state index is 12.5. The molecule has 0 aliphatic rings. The topological polar surface area (TPSA) is 66.0 Å². The largest absolute Gasteiger partial charge is 0.495 e. The maximum Gasteiger partial charge on any atom is 0.248 e. The molecule has 8 heteroatoms. The van der Waals surface area contributed by atoms with E-state index in [9.17, 15) is 4.79 Å². The molecular formula is C25H23Cl2NO5. The number of carbonyl (C=O) groups is 1. The van der Waals surface area contributed by atoms with Crippen molar-refractivity contribution in [3.8, 4) is 23.0 Å². The summed E-state index contributed by atoms with van der Waals surface area (Å²) in [5.74, 6) is 1.64. The van der Waals surface area contributed by atoms with Crippen LogP contribution in [0.25, 0.3) is 6.08 Å². The minimum Gasteiger partial charge on any atom is -0.495 e. The minimum atomic E-state index is -0.347. The molecule has 0 aliphatic carbocycles. The summed E-state index contributed by atoms with van der Waals surface area (Å²) in [5.41, 5.74) is 2.19. The molecule has 0 unspecified atom stereocenters. The molecule has 3 rings (SSSR count). The fraction of sp³-hybridized carbons (Fsp3) is 0.160. The van der Waals surface area contributed by atoms with E-state index in [2.05, 4.69) is 5.32 Å². The summed E-state index contributed by atoms with van der Waals surface area (Å²) in [7, 11) is 4.55. The number of anilines is 1. The number of benzene rings is 3. The smallest absolute Gasteiger partial charge is 0.248 e. The van der Waals surface area contributed by atoms with E-state index in [0.29, 0.717) is 45.3 Å². The van der Waals surface area contributed by atoms with Gasteiger partial charge in [-0.3, -0.25) is 4.79 Å². The van der Waals surface area contributed by atoms with Crippen LogP contribution in [0.3, 0.4) is 0 Å². The fourth-order valence-electron chi connectivity index (χ4n) is 2.95. The first-order valence-corrected chi connectivity index (χ1v) is 10.6. The summed E-state index contributed by atoms with van der Waals surface area (Å²) in [6, 6.07) is 16.0. The molecule has 0 aromatic heterocycles. The van der Waals surface area contributed by atoms with Gasteiger partial charge in [-0.05, 0) is 41.5 Å². The van der Waals surface area contributed by atoms with Crippen LogP contribution >= 0.6 is 23.2 Å². The van der Waals surface area contributed by atoms with E-state index in [1.165, 1.54) is 20.3 Å². The molecule has 1 N–H and O–H groups in total. The van der Waals surface area contributed by atoms with Crippen LogP contribution in [0.1, 0.15) is 11.1 Å². The van der Waals surface area contributed by atoms with Crippen molar-refractivity contribution in [3.63, 3.8) is 0 Å². The third-order valence-electron chi connectivity index (χ3n) is 4.65. The van der Waals surface area contributed by atoms with Gasteiger partial charge in [0.15, 0.2) is 11.5 Å². The Morgan fingerprint density at radius 2 is 1.55 bits per heavy atom. The van der Waals surface area contributed by atoms with Gasteiger partial charge in [0.2, 0.25) is 5.91 Å². The van der Waals surface area contributed by atoms with Gasteiger partial charge in [0, 0.05) is 23.2 Å². The highest BCUT2D eigenvalue weighted by Gasteiger charge is 2.12. The standard InChI is InChI=1S/C25H23Cl2NO5/c1-30-22-14-20(23(31-2)13-19(22)27)28-25(29)11-7-16-6-10-21(24(12-16)32-3)33-15-17-4-8-18(26)9-5-17/h4-14H,15H2,1-3H3,(H,28,29). The van der Waals surface area contributed by atoms with Crippen LogP contribution in [0.5, 0.6) is 23.0 Å². The van der Waals surface area contributed by atoms with Gasteiger partial charge in [-0.1, -0.05) is 41.4 Å². The molecule has 33 heavy (non-hydrogen) atoms. The molecule has 0 spiro atoms. The zero-order valence-electron chi connectivity index (χ0n) is 18.4. The number of carbonyl (C=O) groups excluding carboxylic acids is 1. The molecule has 0 aliphatic heterocycles. The van der Waals surface area contributed by atoms with Crippen molar-refractivity contribution in [1.82, 2.24) is 0 Å². The van der Waals surface area contributed by atoms with Gasteiger partial charge in [-0.25, -0.2) is 0 Å². The first-order valence-electron chi connectivity index (χ1n) is 9.89. The van der Waals surface area contributed by atoms with Crippen molar-refractivity contribution in [2.24, 2.45) is 0 Å². The molecule has 172 valence electrons. The highest BCUT2D eigenvalue weighted by molar-refractivity contribution is 6.32. The Labute approximate surface area is 202 Å². The number of nitrogens with one attached hydrogen (secondary N) is 1. The third-order valence-corrected chi connectivity index (χ3v) is 5.20. The van der Waals surface area contributed by atoms with Gasteiger partial charge in [0.05, 0.1) is 32.0 Å². The molecule has 1 amide bonds. The summed E-state index contributed by atoms with van der Waals surface area (Å²) in [6.07, 6.45) is 3.07. The number of amides is 1. The number of methoxy groups -OCH3 is 3. The van der Waals surface area contributed by atoms with Crippen molar-refractivity contribution in [2.45, 2.75) is 6.61 Å². The molecule has 0 fully saturated rings. The third kappa shape index (κ3) is 6.57. The number of hydrogen-bond acceptors (Lipinski definition) is 5. The minimum absolute atomic E-state index is 0.347. The van der Waals surface area contributed by atoms with E-state index in [1.807, 2.05) is 30.3 Å². The first-order chi connectivity index (χ1) is 15.9. The van der Waals surface area contributed by atoms with Crippen molar-refractivity contribution in [1.29, 1.82) is 0 Å². The molecule has 0 heterocycles. The first kappa shape index (κ1) is 24.3. The molecule has 6 nitrogen and oxygen atoms in total. The van der Waals surface area contributed by atoms with E-state index in [1.54, 1.807) is 37.5 Å². The second kappa shape index (κ2) is 11.5. The second-order valence-electron chi connectivity index (χ2n) is 6.84. The fourth-order valence-corrected chi connectivity index (χ4v) is 3.31. The predicted molar refractivity (Wildman–Crippen MR) is 131 cm³/mol. The Hall–Kier alpha value is -3.35. The summed E-state index contributed by atoms with van der Waals surface area (Å²) in [4.78, 5) is 12.5. The predicted octanol–water partition coefficient (Wildman–Crippen LogP) is 6.25. The van der Waals surface area contributed by atoms with E-state index in [0.717, 1.165) is 11.1 Å². The summed E-state index contributed by atoms with van der Waals surface area (Å²) >= 11 is 12.0. The molecule has 3 aromatic carbocycles. The summed E-state index contributed by atoms with van der Waals surface area (Å²) in [6.45, 7) is 0.373. The Balaban J connectivity index is 1.68. The van der Waals surface area contributed by atoms with Crippen LogP contribution in [0.15, 0.2) is 60.7 Å². The van der Waals surface area contributed by atoms with Crippen molar-refractivity contribution in [2.75, 3.05) is 26.6 Å². The number of halogens is 2. The van der Waals surface area contributed by atoms with Gasteiger partial charge >= 0.3 is 0 Å². The van der Waals surface area contributed by atoms with Gasteiger partial charge in [0.25, 0.3) is 0 Å². The van der Waals surface area contributed by atoms with Crippen LogP contribution in [0.4, 0.5) is 5.69 Å². The quantitative estimate of drug-likeness (QED) is 0.361. The molecule has 0 radical (unpaired) electrons. The van der Waals surface area contributed by atoms with Crippen LogP contribution in [0, 0.1) is 0 Å². The summed E-state index contributed by atoms with van der Waals surface area (Å²) in [5, 5.41) is 3.82. The SMILES string of the molecule is COc1cc(NC(=O)C=Cc2ccc(OCc3ccc(Cl)cc3)c(OC)c2)c(OC)cc1Cl. The van der Waals surface area contributed by atoms with Crippen molar-refractivity contribution in [3.05, 3.63) is 81.8 Å². The Morgan fingerprint density at radius 1 is 0.848 bits per heavy atom. The average Bonchev–Trinajstić information content (AvgIpc) is 2.83. The van der Waals surface area contributed by atoms with Gasteiger partial charge in [-0.15, -0.1) is 0 Å².